The summed E-state index contributed by atoms with van der Waals surface area (Å²) in [5.74, 6) is -0.512. The molecule has 1 aromatic carbocycles. The summed E-state index contributed by atoms with van der Waals surface area (Å²) in [5.41, 5.74) is 1.72. The average Bonchev–Trinajstić information content (AvgIpc) is 3.34. The van der Waals surface area contributed by atoms with Gasteiger partial charge in [0, 0.05) is 5.56 Å². The molecule has 0 aliphatic carbocycles. The molecule has 0 aliphatic rings. The molecule has 0 fully saturated rings. The smallest absolute Gasteiger partial charge is 0.387 e. The lowest BCUT2D eigenvalue weighted by Crippen LogP contribution is -2.30. The van der Waals surface area contributed by atoms with E-state index in [0.29, 0.717) is 33.9 Å². The molecule has 1 N–H and O–H groups in total. The maximum absolute atomic E-state index is 13.1. The van der Waals surface area contributed by atoms with E-state index in [4.69, 9.17) is 13.7 Å². The van der Waals surface area contributed by atoms with Gasteiger partial charge in [0.15, 0.2) is 6.10 Å². The number of alkyl halides is 2. The first-order valence-corrected chi connectivity index (χ1v) is 10.5. The number of fused-ring (bicyclic) bond motifs is 1. The van der Waals surface area contributed by atoms with Crippen LogP contribution in [0.15, 0.2) is 45.3 Å². The van der Waals surface area contributed by atoms with Gasteiger partial charge < -0.3 is 23.7 Å². The van der Waals surface area contributed by atoms with Crippen molar-refractivity contribution in [3.8, 4) is 17.0 Å². The molecule has 0 bridgehead atoms. The van der Waals surface area contributed by atoms with Crippen molar-refractivity contribution >= 4 is 28.7 Å². The van der Waals surface area contributed by atoms with Crippen LogP contribution in [0, 0.1) is 20.8 Å². The highest BCUT2D eigenvalue weighted by Crippen LogP contribution is 2.31. The van der Waals surface area contributed by atoms with Gasteiger partial charge in [0.2, 0.25) is 0 Å². The third kappa shape index (κ3) is 4.98. The van der Waals surface area contributed by atoms with Gasteiger partial charge in [-0.15, -0.1) is 0 Å². The molecule has 4 rings (SSSR count). The minimum Gasteiger partial charge on any atom is -0.466 e. The van der Waals surface area contributed by atoms with Crippen LogP contribution < -0.4 is 10.1 Å². The molecule has 9 nitrogen and oxygen atoms in total. The molecule has 0 saturated heterocycles. The Balaban J connectivity index is 1.59. The Morgan fingerprint density at radius 3 is 2.54 bits per heavy atom. The first-order valence-electron chi connectivity index (χ1n) is 10.5. The van der Waals surface area contributed by atoms with Crippen LogP contribution in [-0.4, -0.2) is 34.7 Å². The van der Waals surface area contributed by atoms with Gasteiger partial charge in [-0.25, -0.2) is 9.78 Å². The SMILES string of the molecule is Cc1cc(-c2cc(C(=O)OC(C)C(=O)Nc3ccccc3OC(F)F)c3c(C)noc3n2)c(C)o1. The van der Waals surface area contributed by atoms with E-state index in [2.05, 4.69) is 20.2 Å². The molecule has 3 aromatic heterocycles. The zero-order chi connectivity index (χ0) is 25.3. The highest BCUT2D eigenvalue weighted by molar-refractivity contribution is 6.05. The monoisotopic (exact) mass is 485 g/mol. The number of aryl methyl sites for hydroxylation is 3. The molecule has 1 amide bonds. The van der Waals surface area contributed by atoms with E-state index < -0.39 is 24.6 Å². The minimum absolute atomic E-state index is 0.00923. The van der Waals surface area contributed by atoms with Crippen molar-refractivity contribution in [2.75, 3.05) is 5.32 Å². The van der Waals surface area contributed by atoms with Crippen molar-refractivity contribution in [2.24, 2.45) is 0 Å². The second kappa shape index (κ2) is 9.53. The lowest BCUT2D eigenvalue weighted by Gasteiger charge is -2.16. The fraction of sp³-hybridized carbons (Fsp3) is 0.250. The summed E-state index contributed by atoms with van der Waals surface area (Å²) in [5, 5.41) is 6.66. The predicted octanol–water partition coefficient (Wildman–Crippen LogP) is 5.19. The van der Waals surface area contributed by atoms with Crippen LogP contribution in [0.1, 0.15) is 34.5 Å². The number of ether oxygens (including phenoxy) is 2. The van der Waals surface area contributed by atoms with Gasteiger partial charge >= 0.3 is 12.6 Å². The summed E-state index contributed by atoms with van der Waals surface area (Å²) in [6, 6.07) is 8.97. The number of nitrogens with one attached hydrogen (secondary N) is 1. The van der Waals surface area contributed by atoms with Crippen LogP contribution in [0.25, 0.3) is 22.4 Å². The first-order chi connectivity index (χ1) is 16.6. The summed E-state index contributed by atoms with van der Waals surface area (Å²) in [4.78, 5) is 30.2. The number of anilines is 1. The number of furan rings is 1. The zero-order valence-corrected chi connectivity index (χ0v) is 19.2. The van der Waals surface area contributed by atoms with Gasteiger partial charge in [-0.1, -0.05) is 17.3 Å². The number of hydrogen-bond donors (Lipinski definition) is 1. The maximum atomic E-state index is 13.1. The normalized spacial score (nSPS) is 12.1. The molecular formula is C24H21F2N3O6. The minimum atomic E-state index is -3.07. The predicted molar refractivity (Wildman–Crippen MR) is 120 cm³/mol. The van der Waals surface area contributed by atoms with Crippen LogP contribution in [0.2, 0.25) is 0 Å². The second-order valence-electron chi connectivity index (χ2n) is 7.74. The van der Waals surface area contributed by atoms with E-state index in [-0.39, 0.29) is 22.7 Å². The topological polar surface area (TPSA) is 117 Å². The zero-order valence-electron chi connectivity index (χ0n) is 19.2. The molecule has 1 atom stereocenters. The molecule has 1 unspecified atom stereocenters. The lowest BCUT2D eigenvalue weighted by molar-refractivity contribution is -0.123. The number of amides is 1. The van der Waals surface area contributed by atoms with Gasteiger partial charge in [0.05, 0.1) is 28.0 Å². The van der Waals surface area contributed by atoms with Crippen LogP contribution >= 0.6 is 0 Å². The van der Waals surface area contributed by atoms with E-state index in [1.54, 1.807) is 26.8 Å². The fourth-order valence-corrected chi connectivity index (χ4v) is 3.56. The van der Waals surface area contributed by atoms with Crippen molar-refractivity contribution in [1.29, 1.82) is 0 Å². The summed E-state index contributed by atoms with van der Waals surface area (Å²) in [6.45, 7) is 3.48. The number of carbonyl (C=O) groups is 2. The third-order valence-electron chi connectivity index (χ3n) is 5.17. The number of aromatic nitrogens is 2. The van der Waals surface area contributed by atoms with Gasteiger partial charge in [-0.05, 0) is 52.0 Å². The molecule has 0 radical (unpaired) electrons. The summed E-state index contributed by atoms with van der Waals surface area (Å²) >= 11 is 0. The quantitative estimate of drug-likeness (QED) is 0.355. The van der Waals surface area contributed by atoms with Crippen molar-refractivity contribution < 1.29 is 36.8 Å². The molecule has 4 aromatic rings. The molecule has 0 saturated carbocycles. The Hall–Kier alpha value is -4.28. The Labute approximate surface area is 198 Å². The van der Waals surface area contributed by atoms with Crippen LogP contribution in [0.4, 0.5) is 14.5 Å². The third-order valence-corrected chi connectivity index (χ3v) is 5.17. The van der Waals surface area contributed by atoms with Crippen LogP contribution in [0.5, 0.6) is 5.75 Å². The highest BCUT2D eigenvalue weighted by atomic mass is 19.3. The van der Waals surface area contributed by atoms with E-state index in [1.165, 1.54) is 37.3 Å². The summed E-state index contributed by atoms with van der Waals surface area (Å²) in [7, 11) is 0. The largest absolute Gasteiger partial charge is 0.466 e. The molecule has 3 heterocycles. The summed E-state index contributed by atoms with van der Waals surface area (Å²) in [6.07, 6.45) is -1.27. The Kier molecular flexibility index (Phi) is 6.50. The molecule has 35 heavy (non-hydrogen) atoms. The van der Waals surface area contributed by atoms with Crippen molar-refractivity contribution in [3.05, 3.63) is 59.2 Å². The molecule has 0 aliphatic heterocycles. The average molecular weight is 485 g/mol. The Bertz CT molecular complexity index is 1410. The Morgan fingerprint density at radius 1 is 1.11 bits per heavy atom. The standard InChI is InChI=1S/C24H21F2N3O6/c1-11-9-15(13(3)32-11)18-10-16(20-12(2)29-35-22(20)28-18)23(31)33-14(4)21(30)27-17-7-5-6-8-19(17)34-24(25)26/h5-10,14,24H,1-4H3,(H,27,30). The first kappa shape index (κ1) is 23.9. The molecule has 11 heteroatoms. The number of carbonyl (C=O) groups excluding carboxylic acids is 2. The number of benzene rings is 1. The van der Waals surface area contributed by atoms with Gasteiger partial charge in [0.25, 0.3) is 11.6 Å². The number of hydrogen-bond acceptors (Lipinski definition) is 8. The maximum Gasteiger partial charge on any atom is 0.387 e. The van der Waals surface area contributed by atoms with E-state index in [0.717, 1.165) is 0 Å². The number of rotatable bonds is 7. The van der Waals surface area contributed by atoms with Crippen LogP contribution in [-0.2, 0) is 9.53 Å². The van der Waals surface area contributed by atoms with Gasteiger partial charge in [-0.2, -0.15) is 8.78 Å². The van der Waals surface area contributed by atoms with Crippen molar-refractivity contribution in [1.82, 2.24) is 10.1 Å². The second-order valence-corrected chi connectivity index (χ2v) is 7.74. The van der Waals surface area contributed by atoms with Crippen LogP contribution in [0.3, 0.4) is 0 Å². The van der Waals surface area contributed by atoms with E-state index in [9.17, 15) is 18.4 Å². The van der Waals surface area contributed by atoms with E-state index in [1.807, 2.05) is 0 Å². The summed E-state index contributed by atoms with van der Waals surface area (Å²) < 4.78 is 45.9. The van der Waals surface area contributed by atoms with E-state index >= 15 is 0 Å². The fourth-order valence-electron chi connectivity index (χ4n) is 3.56. The number of pyridine rings is 1. The number of nitrogens with zero attached hydrogens (tertiary/aromatic N) is 2. The lowest BCUT2D eigenvalue weighted by atomic mass is 10.1. The number of halogens is 2. The Morgan fingerprint density at radius 2 is 1.86 bits per heavy atom. The number of esters is 1. The molecule has 182 valence electrons. The van der Waals surface area contributed by atoms with Crippen molar-refractivity contribution in [2.45, 2.75) is 40.4 Å². The van der Waals surface area contributed by atoms with Gasteiger partial charge in [-0.3, -0.25) is 4.79 Å². The van der Waals surface area contributed by atoms with Crippen molar-refractivity contribution in [3.63, 3.8) is 0 Å². The molecule has 0 spiro atoms. The number of para-hydroxylation sites is 2. The highest BCUT2D eigenvalue weighted by Gasteiger charge is 2.26. The molecular weight excluding hydrogens is 464 g/mol. The van der Waals surface area contributed by atoms with Gasteiger partial charge in [0.1, 0.15) is 17.3 Å².